The maximum absolute atomic E-state index is 13.6. The van der Waals surface area contributed by atoms with E-state index in [-0.39, 0.29) is 10.9 Å². The molecule has 3 rings (SSSR count). The third kappa shape index (κ3) is 4.70. The minimum absolute atomic E-state index is 0.0217. The highest BCUT2D eigenvalue weighted by Crippen LogP contribution is 2.36. The lowest BCUT2D eigenvalue weighted by Crippen LogP contribution is -2.46. The van der Waals surface area contributed by atoms with Crippen LogP contribution >= 0.6 is 11.6 Å². The third-order valence-corrected chi connectivity index (χ3v) is 7.84. The fraction of sp³-hybridized carbons (Fsp3) is 0.455. The van der Waals surface area contributed by atoms with Crippen LogP contribution in [0.1, 0.15) is 38.7 Å². The van der Waals surface area contributed by atoms with Gasteiger partial charge in [0.2, 0.25) is 10.0 Å². The first-order valence-corrected chi connectivity index (χ1v) is 11.5. The highest BCUT2D eigenvalue weighted by atomic mass is 35.5. The Morgan fingerprint density at radius 3 is 2.29 bits per heavy atom. The van der Waals surface area contributed by atoms with Crippen LogP contribution in [-0.2, 0) is 16.6 Å². The molecule has 2 aromatic rings. The minimum Gasteiger partial charge on any atom is -0.497 e. The first-order chi connectivity index (χ1) is 13.3. The molecular formula is C22H28ClNO3S. The van der Waals surface area contributed by atoms with Gasteiger partial charge in [0.1, 0.15) is 5.75 Å². The number of halogens is 1. The standard InChI is InChI=1S/C22H28ClNO3S/c1-16-4-5-17(2)22(14-16)24(15-18-6-10-20(27-3)11-7-18)28(25,26)21-12-8-19(23)9-13-21/h6-13,16-17,22H,4-5,14-15H2,1-3H3. The lowest BCUT2D eigenvalue weighted by molar-refractivity contribution is 0.153. The second kappa shape index (κ2) is 8.85. The average Bonchev–Trinajstić information content (AvgIpc) is 2.69. The Kier molecular flexibility index (Phi) is 6.69. The van der Waals surface area contributed by atoms with Gasteiger partial charge in [0.25, 0.3) is 0 Å². The molecule has 152 valence electrons. The summed E-state index contributed by atoms with van der Waals surface area (Å²) in [5.74, 6) is 1.59. The quantitative estimate of drug-likeness (QED) is 0.630. The summed E-state index contributed by atoms with van der Waals surface area (Å²) in [4.78, 5) is 0.288. The van der Waals surface area contributed by atoms with Crippen molar-refractivity contribution in [3.8, 4) is 5.75 Å². The van der Waals surface area contributed by atoms with Gasteiger partial charge < -0.3 is 4.74 Å². The summed E-state index contributed by atoms with van der Waals surface area (Å²) in [6.45, 7) is 4.71. The number of benzene rings is 2. The highest BCUT2D eigenvalue weighted by molar-refractivity contribution is 7.89. The topological polar surface area (TPSA) is 46.6 Å². The highest BCUT2D eigenvalue weighted by Gasteiger charge is 2.37. The van der Waals surface area contributed by atoms with Gasteiger partial charge in [0.15, 0.2) is 0 Å². The summed E-state index contributed by atoms with van der Waals surface area (Å²) in [5.41, 5.74) is 0.948. The number of rotatable bonds is 6. The van der Waals surface area contributed by atoms with Crippen molar-refractivity contribution in [2.45, 2.75) is 50.6 Å². The molecule has 0 bridgehead atoms. The lowest BCUT2D eigenvalue weighted by Gasteiger charge is -2.40. The molecule has 0 amide bonds. The Labute approximate surface area is 173 Å². The molecule has 28 heavy (non-hydrogen) atoms. The van der Waals surface area contributed by atoms with Crippen LogP contribution in [0.3, 0.4) is 0 Å². The van der Waals surface area contributed by atoms with Crippen LogP contribution in [-0.4, -0.2) is 25.9 Å². The zero-order valence-electron chi connectivity index (χ0n) is 16.6. The smallest absolute Gasteiger partial charge is 0.243 e. The van der Waals surface area contributed by atoms with Crippen molar-refractivity contribution in [1.29, 1.82) is 0 Å². The van der Waals surface area contributed by atoms with Gasteiger partial charge in [-0.3, -0.25) is 0 Å². The second-order valence-electron chi connectivity index (χ2n) is 7.82. The number of hydrogen-bond donors (Lipinski definition) is 0. The number of hydrogen-bond acceptors (Lipinski definition) is 3. The summed E-state index contributed by atoms with van der Waals surface area (Å²) < 4.78 is 34.1. The number of methoxy groups -OCH3 is 1. The second-order valence-corrected chi connectivity index (χ2v) is 10.1. The Balaban J connectivity index is 1.98. The normalized spacial score (nSPS) is 23.0. The van der Waals surface area contributed by atoms with E-state index < -0.39 is 10.0 Å². The molecular weight excluding hydrogens is 394 g/mol. The van der Waals surface area contributed by atoms with E-state index in [1.807, 2.05) is 24.3 Å². The number of nitrogens with zero attached hydrogens (tertiary/aromatic N) is 1. The predicted octanol–water partition coefficient (Wildman–Crippen LogP) is 5.36. The molecule has 0 radical (unpaired) electrons. The van der Waals surface area contributed by atoms with E-state index in [1.54, 1.807) is 35.7 Å². The van der Waals surface area contributed by atoms with E-state index in [0.717, 1.165) is 30.6 Å². The molecule has 1 aliphatic carbocycles. The van der Waals surface area contributed by atoms with E-state index in [9.17, 15) is 8.42 Å². The fourth-order valence-electron chi connectivity index (χ4n) is 3.94. The van der Waals surface area contributed by atoms with Gasteiger partial charge in [0.05, 0.1) is 12.0 Å². The Hall–Kier alpha value is -1.56. The van der Waals surface area contributed by atoms with E-state index in [2.05, 4.69) is 13.8 Å². The molecule has 0 aromatic heterocycles. The van der Waals surface area contributed by atoms with E-state index in [0.29, 0.717) is 23.4 Å². The first-order valence-electron chi connectivity index (χ1n) is 9.71. The van der Waals surface area contributed by atoms with Crippen LogP contribution in [0.25, 0.3) is 0 Å². The van der Waals surface area contributed by atoms with Crippen LogP contribution in [0.2, 0.25) is 5.02 Å². The fourth-order valence-corrected chi connectivity index (χ4v) is 5.78. The van der Waals surface area contributed by atoms with Gasteiger partial charge in [0, 0.05) is 17.6 Å². The SMILES string of the molecule is COc1ccc(CN(C2CC(C)CCC2C)S(=O)(=O)c2ccc(Cl)cc2)cc1. The van der Waals surface area contributed by atoms with Gasteiger partial charge in [-0.05, 0) is 66.6 Å². The molecule has 4 nitrogen and oxygen atoms in total. The van der Waals surface area contributed by atoms with Crippen LogP contribution in [0.5, 0.6) is 5.75 Å². The Morgan fingerprint density at radius 1 is 1.04 bits per heavy atom. The molecule has 1 fully saturated rings. The molecule has 3 atom stereocenters. The molecule has 2 aromatic carbocycles. The Bertz CT molecular complexity index is 881. The van der Waals surface area contributed by atoms with Crippen molar-refractivity contribution < 1.29 is 13.2 Å². The van der Waals surface area contributed by atoms with E-state index >= 15 is 0 Å². The zero-order valence-corrected chi connectivity index (χ0v) is 18.2. The minimum atomic E-state index is -3.64. The average molecular weight is 422 g/mol. The van der Waals surface area contributed by atoms with Crippen LogP contribution < -0.4 is 4.74 Å². The monoisotopic (exact) mass is 421 g/mol. The van der Waals surface area contributed by atoms with Crippen molar-refractivity contribution >= 4 is 21.6 Å². The predicted molar refractivity (Wildman–Crippen MR) is 113 cm³/mol. The van der Waals surface area contributed by atoms with Gasteiger partial charge in [-0.25, -0.2) is 8.42 Å². The van der Waals surface area contributed by atoms with Crippen LogP contribution in [0, 0.1) is 11.8 Å². The summed E-state index contributed by atoms with van der Waals surface area (Å²) in [6, 6.07) is 14.0. The van der Waals surface area contributed by atoms with Crippen LogP contribution in [0.15, 0.2) is 53.4 Å². The molecule has 0 saturated heterocycles. The van der Waals surface area contributed by atoms with E-state index in [4.69, 9.17) is 16.3 Å². The van der Waals surface area contributed by atoms with Crippen molar-refractivity contribution in [3.05, 3.63) is 59.1 Å². The summed E-state index contributed by atoms with van der Waals surface area (Å²) in [5, 5.41) is 0.528. The van der Waals surface area contributed by atoms with Crippen molar-refractivity contribution in [1.82, 2.24) is 4.31 Å². The lowest BCUT2D eigenvalue weighted by atomic mass is 9.80. The van der Waals surface area contributed by atoms with Gasteiger partial charge in [-0.15, -0.1) is 0 Å². The number of ether oxygens (including phenoxy) is 1. The summed E-state index contributed by atoms with van der Waals surface area (Å²) in [7, 11) is -2.02. The summed E-state index contributed by atoms with van der Waals surface area (Å²) in [6.07, 6.45) is 3.07. The summed E-state index contributed by atoms with van der Waals surface area (Å²) >= 11 is 5.97. The largest absolute Gasteiger partial charge is 0.497 e. The molecule has 6 heteroatoms. The van der Waals surface area contributed by atoms with Gasteiger partial charge in [-0.2, -0.15) is 4.31 Å². The van der Waals surface area contributed by atoms with E-state index in [1.165, 1.54) is 0 Å². The first kappa shape index (κ1) is 21.2. The maximum atomic E-state index is 13.6. The zero-order chi connectivity index (χ0) is 20.3. The van der Waals surface area contributed by atoms with Crippen molar-refractivity contribution in [2.75, 3.05) is 7.11 Å². The molecule has 0 heterocycles. The number of sulfonamides is 1. The molecule has 0 aliphatic heterocycles. The molecule has 0 spiro atoms. The third-order valence-electron chi connectivity index (χ3n) is 5.70. The molecule has 3 unspecified atom stereocenters. The van der Waals surface area contributed by atoms with Crippen molar-refractivity contribution in [2.24, 2.45) is 11.8 Å². The van der Waals surface area contributed by atoms with Gasteiger partial charge in [-0.1, -0.05) is 44.0 Å². The maximum Gasteiger partial charge on any atom is 0.243 e. The molecule has 1 saturated carbocycles. The van der Waals surface area contributed by atoms with Crippen LogP contribution in [0.4, 0.5) is 0 Å². The molecule has 0 N–H and O–H groups in total. The van der Waals surface area contributed by atoms with Gasteiger partial charge >= 0.3 is 0 Å². The Morgan fingerprint density at radius 2 is 1.68 bits per heavy atom. The van der Waals surface area contributed by atoms with Crippen molar-refractivity contribution in [3.63, 3.8) is 0 Å². The molecule has 1 aliphatic rings.